The molecule has 27 heavy (non-hydrogen) atoms. The van der Waals surface area contributed by atoms with Crippen LogP contribution in [0.2, 0.25) is 0 Å². The lowest BCUT2D eigenvalue weighted by Gasteiger charge is -2.19. The number of carbonyl (C=O) groups excluding carboxylic acids is 1. The van der Waals surface area contributed by atoms with Crippen molar-refractivity contribution in [1.29, 1.82) is 0 Å². The fraction of sp³-hybridized carbons (Fsp3) is 0.762. The third-order valence-electron chi connectivity index (χ3n) is 5.29. The van der Waals surface area contributed by atoms with E-state index < -0.39 is 24.4 Å². The van der Waals surface area contributed by atoms with Crippen LogP contribution in [0.3, 0.4) is 0 Å². The van der Waals surface area contributed by atoms with Gasteiger partial charge >= 0.3 is 5.97 Å². The Kier molecular flexibility index (Phi) is 11.5. The predicted octanol–water partition coefficient (Wildman–Crippen LogP) is 2.10. The molecule has 0 aromatic carbocycles. The molecular formula is C21H36O6. The molecule has 0 saturated heterocycles. The summed E-state index contributed by atoms with van der Waals surface area (Å²) in [7, 11) is 1.38. The third-order valence-corrected chi connectivity index (χ3v) is 5.29. The van der Waals surface area contributed by atoms with Crippen LogP contribution in [0.15, 0.2) is 24.3 Å². The second kappa shape index (κ2) is 13.0. The summed E-state index contributed by atoms with van der Waals surface area (Å²) in [6.45, 7) is 1.90. The largest absolute Gasteiger partial charge is 0.469 e. The second-order valence-electron chi connectivity index (χ2n) is 7.38. The van der Waals surface area contributed by atoms with E-state index in [9.17, 15) is 25.2 Å². The van der Waals surface area contributed by atoms with Gasteiger partial charge in [0.05, 0.1) is 31.5 Å². The van der Waals surface area contributed by atoms with Gasteiger partial charge in [-0.1, -0.05) is 31.2 Å². The first-order valence-electron chi connectivity index (χ1n) is 10.0. The van der Waals surface area contributed by atoms with Crippen LogP contribution in [0.25, 0.3) is 0 Å². The van der Waals surface area contributed by atoms with Gasteiger partial charge in [-0.25, -0.2) is 0 Å². The van der Waals surface area contributed by atoms with Gasteiger partial charge in [0.1, 0.15) is 0 Å². The van der Waals surface area contributed by atoms with Crippen molar-refractivity contribution in [3.8, 4) is 0 Å². The van der Waals surface area contributed by atoms with Gasteiger partial charge in [0, 0.05) is 18.8 Å². The lowest BCUT2D eigenvalue weighted by molar-refractivity contribution is -0.140. The topological polar surface area (TPSA) is 107 Å². The minimum absolute atomic E-state index is 0.0958. The number of esters is 1. The van der Waals surface area contributed by atoms with Crippen LogP contribution in [0.5, 0.6) is 0 Å². The molecule has 1 aliphatic rings. The van der Waals surface area contributed by atoms with Gasteiger partial charge in [0.15, 0.2) is 0 Å². The molecule has 1 fully saturated rings. The smallest absolute Gasteiger partial charge is 0.305 e. The summed E-state index contributed by atoms with van der Waals surface area (Å²) in [4.78, 5) is 11.1. The molecule has 0 heterocycles. The summed E-state index contributed by atoms with van der Waals surface area (Å²) < 4.78 is 4.60. The number of carbonyl (C=O) groups is 1. The second-order valence-corrected chi connectivity index (χ2v) is 7.38. The molecule has 0 aromatic rings. The molecule has 6 atom stereocenters. The lowest BCUT2D eigenvalue weighted by Crippen LogP contribution is -2.20. The third kappa shape index (κ3) is 9.02. The van der Waals surface area contributed by atoms with Gasteiger partial charge in [-0.2, -0.15) is 0 Å². The molecule has 156 valence electrons. The van der Waals surface area contributed by atoms with Crippen molar-refractivity contribution in [3.05, 3.63) is 24.3 Å². The summed E-state index contributed by atoms with van der Waals surface area (Å²) in [5, 5.41) is 40.0. The fourth-order valence-electron chi connectivity index (χ4n) is 3.46. The molecule has 4 N–H and O–H groups in total. The van der Waals surface area contributed by atoms with Gasteiger partial charge in [-0.3, -0.25) is 4.79 Å². The van der Waals surface area contributed by atoms with Crippen LogP contribution < -0.4 is 0 Å². The summed E-state index contributed by atoms with van der Waals surface area (Å²) in [5.74, 6) is -0.514. The Morgan fingerprint density at radius 3 is 2.59 bits per heavy atom. The first-order valence-corrected chi connectivity index (χ1v) is 10.0. The van der Waals surface area contributed by atoms with Gasteiger partial charge in [0.2, 0.25) is 0 Å². The average Bonchev–Trinajstić information content (AvgIpc) is 2.92. The summed E-state index contributed by atoms with van der Waals surface area (Å²) in [5.41, 5.74) is 0. The number of hydrogen-bond donors (Lipinski definition) is 4. The quantitative estimate of drug-likeness (QED) is 0.233. The lowest BCUT2D eigenvalue weighted by atomic mass is 9.89. The highest BCUT2D eigenvalue weighted by molar-refractivity contribution is 5.69. The molecule has 0 aliphatic heterocycles. The Bertz CT molecular complexity index is 475. The Morgan fingerprint density at radius 2 is 1.93 bits per heavy atom. The van der Waals surface area contributed by atoms with Gasteiger partial charge in [-0.05, 0) is 44.4 Å². The molecule has 6 nitrogen and oxygen atoms in total. The molecule has 0 radical (unpaired) electrons. The Morgan fingerprint density at radius 1 is 1.19 bits per heavy atom. The minimum atomic E-state index is -0.661. The zero-order valence-electron chi connectivity index (χ0n) is 16.5. The van der Waals surface area contributed by atoms with E-state index in [0.29, 0.717) is 38.5 Å². The van der Waals surface area contributed by atoms with E-state index in [-0.39, 0.29) is 17.8 Å². The highest BCUT2D eigenvalue weighted by Gasteiger charge is 2.39. The standard InChI is InChI=1S/C21H36O6/c1-3-15(22)10-11-16(23)12-13-18-17(19(24)14-20(18)25)8-6-4-5-7-9-21(26)27-2/h4,6,12-13,15-20,22-25H,3,5,7-11,14H2,1-2H3/b6-4-,13-12+/t15?,16?,17-,18+,19+,20-/m1/s1. The number of ether oxygens (including phenoxy) is 1. The molecule has 1 saturated carbocycles. The normalized spacial score (nSPS) is 28.1. The number of aliphatic hydroxyl groups excluding tert-OH is 4. The van der Waals surface area contributed by atoms with E-state index in [4.69, 9.17) is 0 Å². The number of allylic oxidation sites excluding steroid dienone is 2. The van der Waals surface area contributed by atoms with Crippen molar-refractivity contribution < 1.29 is 30.0 Å². The van der Waals surface area contributed by atoms with Crippen molar-refractivity contribution in [2.24, 2.45) is 11.8 Å². The van der Waals surface area contributed by atoms with Crippen LogP contribution in [0.4, 0.5) is 0 Å². The van der Waals surface area contributed by atoms with Crippen molar-refractivity contribution in [2.75, 3.05) is 7.11 Å². The molecule has 1 rings (SSSR count). The number of aliphatic hydroxyl groups is 4. The van der Waals surface area contributed by atoms with Gasteiger partial charge < -0.3 is 25.2 Å². The summed E-state index contributed by atoms with van der Waals surface area (Å²) in [6.07, 6.45) is 9.71. The van der Waals surface area contributed by atoms with Crippen molar-refractivity contribution in [1.82, 2.24) is 0 Å². The van der Waals surface area contributed by atoms with E-state index in [1.54, 1.807) is 12.2 Å². The molecule has 6 heteroatoms. The van der Waals surface area contributed by atoms with E-state index >= 15 is 0 Å². The minimum Gasteiger partial charge on any atom is -0.469 e. The van der Waals surface area contributed by atoms with Crippen LogP contribution >= 0.6 is 0 Å². The molecular weight excluding hydrogens is 348 g/mol. The van der Waals surface area contributed by atoms with E-state index in [1.807, 2.05) is 19.1 Å². The highest BCUT2D eigenvalue weighted by atomic mass is 16.5. The molecule has 0 bridgehead atoms. The average molecular weight is 385 g/mol. The van der Waals surface area contributed by atoms with Gasteiger partial charge in [-0.15, -0.1) is 0 Å². The Balaban J connectivity index is 2.47. The number of methoxy groups -OCH3 is 1. The van der Waals surface area contributed by atoms with Gasteiger partial charge in [0.25, 0.3) is 0 Å². The summed E-state index contributed by atoms with van der Waals surface area (Å²) >= 11 is 0. The number of rotatable bonds is 12. The van der Waals surface area contributed by atoms with Crippen LogP contribution in [-0.2, 0) is 9.53 Å². The maximum atomic E-state index is 11.1. The number of hydrogen-bond acceptors (Lipinski definition) is 6. The van der Waals surface area contributed by atoms with Crippen LogP contribution in [-0.4, -0.2) is 57.9 Å². The molecule has 0 spiro atoms. The summed E-state index contributed by atoms with van der Waals surface area (Å²) in [6, 6.07) is 0. The zero-order chi connectivity index (χ0) is 20.2. The molecule has 0 aromatic heterocycles. The van der Waals surface area contributed by atoms with Crippen LogP contribution in [0, 0.1) is 11.8 Å². The Labute approximate surface area is 162 Å². The fourth-order valence-corrected chi connectivity index (χ4v) is 3.46. The first-order chi connectivity index (χ1) is 12.9. The molecule has 0 amide bonds. The first kappa shape index (κ1) is 23.8. The van der Waals surface area contributed by atoms with Crippen molar-refractivity contribution in [3.63, 3.8) is 0 Å². The van der Waals surface area contributed by atoms with Crippen molar-refractivity contribution >= 4 is 5.97 Å². The van der Waals surface area contributed by atoms with E-state index in [0.717, 1.165) is 12.8 Å². The van der Waals surface area contributed by atoms with Crippen molar-refractivity contribution in [2.45, 2.75) is 82.7 Å². The highest BCUT2D eigenvalue weighted by Crippen LogP contribution is 2.36. The van der Waals surface area contributed by atoms with E-state index in [2.05, 4.69) is 4.74 Å². The molecule has 1 aliphatic carbocycles. The molecule has 2 unspecified atom stereocenters. The predicted molar refractivity (Wildman–Crippen MR) is 104 cm³/mol. The Hall–Kier alpha value is -1.21. The maximum Gasteiger partial charge on any atom is 0.305 e. The zero-order valence-corrected chi connectivity index (χ0v) is 16.5. The maximum absolute atomic E-state index is 11.1. The number of unbranched alkanes of at least 4 members (excludes halogenated alkanes) is 1. The van der Waals surface area contributed by atoms with E-state index in [1.165, 1.54) is 7.11 Å². The van der Waals surface area contributed by atoms with Crippen LogP contribution in [0.1, 0.15) is 58.3 Å². The SMILES string of the molecule is CCC(O)CCC(O)/C=C/[C@H]1[C@@H](C/C=C\CCCC(=O)OC)[C@@H](O)C[C@H]1O. The monoisotopic (exact) mass is 384 g/mol.